The minimum absolute atomic E-state index is 0.0105. The second-order valence-electron chi connectivity index (χ2n) is 4.09. The number of ketones is 1. The Morgan fingerprint density at radius 2 is 2.16 bits per heavy atom. The Bertz CT molecular complexity index is 614. The van der Waals surface area contributed by atoms with Crippen LogP contribution in [-0.2, 0) is 6.42 Å². The number of aryl methyl sites for hydroxylation is 1. The van der Waals surface area contributed by atoms with Gasteiger partial charge in [0.1, 0.15) is 6.33 Å². The molecule has 0 amide bonds. The summed E-state index contributed by atoms with van der Waals surface area (Å²) in [6.45, 7) is 1.95. The Hall–Kier alpha value is -1.75. The summed E-state index contributed by atoms with van der Waals surface area (Å²) in [4.78, 5) is 20.2. The van der Waals surface area contributed by atoms with E-state index in [1.165, 1.54) is 13.4 Å². The molecule has 1 aromatic carbocycles. The molecule has 0 saturated carbocycles. The van der Waals surface area contributed by atoms with Crippen LogP contribution >= 0.6 is 15.9 Å². The molecule has 0 atom stereocenters. The predicted molar refractivity (Wildman–Crippen MR) is 75.5 cm³/mol. The minimum Gasteiger partial charge on any atom is -0.481 e. The number of carbonyl (C=O) groups is 1. The molecule has 0 bridgehead atoms. The maximum Gasteiger partial charge on any atom is 0.216 e. The Labute approximate surface area is 120 Å². The van der Waals surface area contributed by atoms with Crippen LogP contribution in [0.3, 0.4) is 0 Å². The fraction of sp³-hybridized carbons (Fsp3) is 0.214. The molecule has 0 radical (unpaired) electrons. The average molecular weight is 321 g/mol. The van der Waals surface area contributed by atoms with Gasteiger partial charge in [0.15, 0.2) is 5.78 Å². The summed E-state index contributed by atoms with van der Waals surface area (Å²) in [5.41, 5.74) is 2.34. The maximum atomic E-state index is 12.3. The van der Waals surface area contributed by atoms with Gasteiger partial charge < -0.3 is 4.74 Å². The highest BCUT2D eigenvalue weighted by atomic mass is 79.9. The number of methoxy groups -OCH3 is 1. The van der Waals surface area contributed by atoms with E-state index in [1.807, 2.05) is 19.1 Å². The first kappa shape index (κ1) is 13.7. The number of hydrogen-bond acceptors (Lipinski definition) is 4. The summed E-state index contributed by atoms with van der Waals surface area (Å²) in [6.07, 6.45) is 1.62. The van der Waals surface area contributed by atoms with Crippen LogP contribution < -0.4 is 4.74 Å². The smallest absolute Gasteiger partial charge is 0.216 e. The predicted octanol–water partition coefficient (Wildman–Crippen LogP) is 2.98. The summed E-state index contributed by atoms with van der Waals surface area (Å²) < 4.78 is 5.85. The van der Waals surface area contributed by atoms with Crippen LogP contribution in [0.5, 0.6) is 5.88 Å². The van der Waals surface area contributed by atoms with Gasteiger partial charge in [0.05, 0.1) is 19.2 Å². The molecule has 1 aromatic heterocycles. The van der Waals surface area contributed by atoms with E-state index >= 15 is 0 Å². The van der Waals surface area contributed by atoms with Crippen molar-refractivity contribution >= 4 is 21.7 Å². The van der Waals surface area contributed by atoms with E-state index in [0.717, 1.165) is 10.0 Å². The third kappa shape index (κ3) is 3.17. The molecule has 0 aliphatic carbocycles. The summed E-state index contributed by atoms with van der Waals surface area (Å²) >= 11 is 3.44. The molecular formula is C14H13BrN2O2. The summed E-state index contributed by atoms with van der Waals surface area (Å²) in [5, 5.41) is 0. The molecule has 0 saturated heterocycles. The second-order valence-corrected chi connectivity index (χ2v) is 4.88. The number of hydrogen-bond donors (Lipinski definition) is 0. The molecule has 5 heteroatoms. The number of benzene rings is 1. The van der Waals surface area contributed by atoms with E-state index in [4.69, 9.17) is 4.74 Å². The van der Waals surface area contributed by atoms with E-state index in [-0.39, 0.29) is 12.2 Å². The number of aromatic nitrogens is 2. The highest BCUT2D eigenvalue weighted by Crippen LogP contribution is 2.22. The molecule has 0 N–H and O–H groups in total. The largest absolute Gasteiger partial charge is 0.481 e. The number of rotatable bonds is 4. The number of carbonyl (C=O) groups excluding carboxylic acids is 1. The van der Waals surface area contributed by atoms with Crippen molar-refractivity contribution in [2.24, 2.45) is 0 Å². The van der Waals surface area contributed by atoms with Crippen LogP contribution in [0.1, 0.15) is 21.6 Å². The van der Waals surface area contributed by atoms with Gasteiger partial charge in [-0.25, -0.2) is 9.97 Å². The lowest BCUT2D eigenvalue weighted by molar-refractivity contribution is 0.0991. The first-order valence-electron chi connectivity index (χ1n) is 5.75. The summed E-state index contributed by atoms with van der Waals surface area (Å²) in [6, 6.07) is 7.29. The van der Waals surface area contributed by atoms with Crippen molar-refractivity contribution in [1.29, 1.82) is 0 Å². The first-order chi connectivity index (χ1) is 9.11. The zero-order valence-electron chi connectivity index (χ0n) is 10.7. The quantitative estimate of drug-likeness (QED) is 0.813. The molecule has 0 fully saturated rings. The van der Waals surface area contributed by atoms with Gasteiger partial charge in [0, 0.05) is 16.1 Å². The number of Topliss-reactive ketones (excluding diaryl/α,β-unsaturated/α-hetero) is 1. The third-order valence-corrected chi connectivity index (χ3v) is 3.79. The van der Waals surface area contributed by atoms with Gasteiger partial charge in [-0.15, -0.1) is 0 Å². The van der Waals surface area contributed by atoms with Crippen molar-refractivity contribution < 1.29 is 9.53 Å². The van der Waals surface area contributed by atoms with Crippen LogP contribution in [0.25, 0.3) is 0 Å². The molecule has 1 heterocycles. The van der Waals surface area contributed by atoms with E-state index < -0.39 is 0 Å². The van der Waals surface area contributed by atoms with Crippen molar-refractivity contribution in [2.45, 2.75) is 13.3 Å². The number of nitrogens with zero attached hydrogens (tertiary/aromatic N) is 2. The molecule has 4 nitrogen and oxygen atoms in total. The molecule has 2 rings (SSSR count). The Morgan fingerprint density at radius 1 is 1.37 bits per heavy atom. The topological polar surface area (TPSA) is 52.1 Å². The van der Waals surface area contributed by atoms with E-state index in [1.54, 1.807) is 12.1 Å². The van der Waals surface area contributed by atoms with Crippen molar-refractivity contribution in [3.63, 3.8) is 0 Å². The normalized spacial score (nSPS) is 10.3. The van der Waals surface area contributed by atoms with Gasteiger partial charge in [-0.05, 0) is 28.4 Å². The van der Waals surface area contributed by atoms with Gasteiger partial charge in [0.2, 0.25) is 5.88 Å². The average Bonchev–Trinajstić information content (AvgIpc) is 2.42. The molecule has 0 unspecified atom stereocenters. The molecular weight excluding hydrogens is 308 g/mol. The number of halogens is 1. The molecule has 98 valence electrons. The van der Waals surface area contributed by atoms with E-state index in [9.17, 15) is 4.79 Å². The Morgan fingerprint density at radius 3 is 2.89 bits per heavy atom. The molecule has 19 heavy (non-hydrogen) atoms. The first-order valence-corrected chi connectivity index (χ1v) is 6.54. The SMILES string of the molecule is COc1cc(CC(=O)c2cccc(C)c2Br)ncn1. The monoisotopic (exact) mass is 320 g/mol. The van der Waals surface area contributed by atoms with Gasteiger partial charge in [-0.2, -0.15) is 0 Å². The summed E-state index contributed by atoms with van der Waals surface area (Å²) in [5.74, 6) is 0.470. The van der Waals surface area contributed by atoms with Crippen molar-refractivity contribution in [3.8, 4) is 5.88 Å². The van der Waals surface area contributed by atoms with Gasteiger partial charge >= 0.3 is 0 Å². The van der Waals surface area contributed by atoms with Crippen molar-refractivity contribution in [2.75, 3.05) is 7.11 Å². The van der Waals surface area contributed by atoms with Gasteiger partial charge in [-0.3, -0.25) is 4.79 Å². The Balaban J connectivity index is 2.23. The zero-order chi connectivity index (χ0) is 13.8. The zero-order valence-corrected chi connectivity index (χ0v) is 12.3. The molecule has 0 aliphatic rings. The van der Waals surface area contributed by atoms with Crippen molar-refractivity contribution in [3.05, 3.63) is 51.9 Å². The lowest BCUT2D eigenvalue weighted by atomic mass is 10.0. The van der Waals surface area contributed by atoms with E-state index in [0.29, 0.717) is 17.1 Å². The van der Waals surface area contributed by atoms with Crippen LogP contribution in [0.2, 0.25) is 0 Å². The van der Waals surface area contributed by atoms with Crippen molar-refractivity contribution in [1.82, 2.24) is 9.97 Å². The second kappa shape index (κ2) is 5.93. The lowest BCUT2D eigenvalue weighted by Gasteiger charge is -2.06. The maximum absolute atomic E-state index is 12.3. The highest BCUT2D eigenvalue weighted by Gasteiger charge is 2.13. The minimum atomic E-state index is 0.0105. The number of ether oxygens (including phenoxy) is 1. The molecule has 0 aliphatic heterocycles. The fourth-order valence-electron chi connectivity index (χ4n) is 1.71. The van der Waals surface area contributed by atoms with E-state index in [2.05, 4.69) is 25.9 Å². The standard InChI is InChI=1S/C14H13BrN2O2/c1-9-4-3-5-11(14(9)15)12(18)6-10-7-13(19-2)17-8-16-10/h3-5,7-8H,6H2,1-2H3. The van der Waals surface area contributed by atoms with Gasteiger partial charge in [0.25, 0.3) is 0 Å². The molecule has 0 spiro atoms. The summed E-state index contributed by atoms with van der Waals surface area (Å²) in [7, 11) is 1.53. The third-order valence-electron chi connectivity index (χ3n) is 2.74. The van der Waals surface area contributed by atoms with Gasteiger partial charge in [-0.1, -0.05) is 18.2 Å². The highest BCUT2D eigenvalue weighted by molar-refractivity contribution is 9.10. The molecule has 2 aromatic rings. The van der Waals surface area contributed by atoms with Crippen LogP contribution in [0.15, 0.2) is 35.1 Å². The Kier molecular flexibility index (Phi) is 4.27. The fourth-order valence-corrected chi connectivity index (χ4v) is 2.19. The van der Waals surface area contributed by atoms with Crippen LogP contribution in [0.4, 0.5) is 0 Å². The van der Waals surface area contributed by atoms with Crippen LogP contribution in [-0.4, -0.2) is 22.9 Å². The lowest BCUT2D eigenvalue weighted by Crippen LogP contribution is -2.07. The van der Waals surface area contributed by atoms with Crippen LogP contribution in [0, 0.1) is 6.92 Å².